The van der Waals surface area contributed by atoms with Crippen molar-refractivity contribution < 1.29 is 0 Å². The molecule has 2 rings (SSSR count). The molecule has 0 amide bonds. The number of allylic oxidation sites excluding steroid dienone is 4. The van der Waals surface area contributed by atoms with Crippen molar-refractivity contribution >= 4 is 0 Å². The molecule has 0 saturated carbocycles. The Balaban J connectivity index is 2.19. The first-order valence-corrected chi connectivity index (χ1v) is 6.74. The molecule has 0 bridgehead atoms. The molecule has 0 fully saturated rings. The predicted molar refractivity (Wildman–Crippen MR) is 69.8 cm³/mol. The topological polar surface area (TPSA) is 26.0 Å². The van der Waals surface area contributed by atoms with Gasteiger partial charge in [0.1, 0.15) is 0 Å². The molecule has 0 aromatic heterocycles. The van der Waals surface area contributed by atoms with Gasteiger partial charge in [0.2, 0.25) is 0 Å². The van der Waals surface area contributed by atoms with Crippen LogP contribution in [0.2, 0.25) is 0 Å². The van der Waals surface area contributed by atoms with Gasteiger partial charge < -0.3 is 5.73 Å². The first-order chi connectivity index (χ1) is 7.58. The van der Waals surface area contributed by atoms with E-state index in [2.05, 4.69) is 32.9 Å². The highest BCUT2D eigenvalue weighted by molar-refractivity contribution is 5.25. The second-order valence-corrected chi connectivity index (χ2v) is 5.97. The summed E-state index contributed by atoms with van der Waals surface area (Å²) in [4.78, 5) is 0. The Labute approximate surface area is 99.8 Å². The third-order valence-electron chi connectivity index (χ3n) is 4.28. The maximum Gasteiger partial charge on any atom is 0.0107 e. The fourth-order valence-electron chi connectivity index (χ4n) is 3.24. The van der Waals surface area contributed by atoms with Crippen molar-refractivity contribution in [3.63, 3.8) is 0 Å². The van der Waals surface area contributed by atoms with E-state index in [-0.39, 0.29) is 0 Å². The first-order valence-electron chi connectivity index (χ1n) is 6.74. The zero-order chi connectivity index (χ0) is 11.7. The Morgan fingerprint density at radius 1 is 1.12 bits per heavy atom. The highest BCUT2D eigenvalue weighted by Gasteiger charge is 2.27. The third-order valence-corrected chi connectivity index (χ3v) is 4.28. The molecule has 16 heavy (non-hydrogen) atoms. The minimum atomic E-state index is 0.589. The van der Waals surface area contributed by atoms with Gasteiger partial charge in [0.25, 0.3) is 0 Å². The molecular weight excluding hydrogens is 194 g/mol. The summed E-state index contributed by atoms with van der Waals surface area (Å²) >= 11 is 0. The third kappa shape index (κ3) is 2.34. The molecule has 0 spiro atoms. The van der Waals surface area contributed by atoms with Gasteiger partial charge in [-0.1, -0.05) is 32.9 Å². The van der Waals surface area contributed by atoms with Crippen molar-refractivity contribution in [3.05, 3.63) is 23.4 Å². The Morgan fingerprint density at radius 2 is 1.88 bits per heavy atom. The van der Waals surface area contributed by atoms with E-state index in [1.165, 1.54) is 31.4 Å². The lowest BCUT2D eigenvalue weighted by molar-refractivity contribution is 0.382. The molecule has 0 saturated heterocycles. The molecule has 90 valence electrons. The molecule has 1 nitrogen and oxygen atoms in total. The van der Waals surface area contributed by atoms with E-state index in [9.17, 15) is 0 Å². The molecule has 4 unspecified atom stereocenters. The first kappa shape index (κ1) is 11.8. The van der Waals surface area contributed by atoms with E-state index in [0.717, 1.165) is 11.8 Å². The Hall–Kier alpha value is -0.720. The molecule has 1 heteroatoms. The molecule has 0 aromatic rings. The van der Waals surface area contributed by atoms with Crippen molar-refractivity contribution in [1.82, 2.24) is 0 Å². The summed E-state index contributed by atoms with van der Waals surface area (Å²) < 4.78 is 0. The summed E-state index contributed by atoms with van der Waals surface area (Å²) in [6, 6.07) is 0. The summed E-state index contributed by atoms with van der Waals surface area (Å²) in [6.45, 7) is 6.94. The van der Waals surface area contributed by atoms with Gasteiger partial charge in [0, 0.05) is 5.70 Å². The van der Waals surface area contributed by atoms with E-state index in [0.29, 0.717) is 11.8 Å². The maximum atomic E-state index is 6.30. The standard InChI is InChI=1S/C15H25N/c1-10-4-6-13(7-5-10)14-9-11(2)8-12(3)15(14)16/h4,6,10-13H,5,7-9,16H2,1-3H3. The molecular formula is C15H25N. The quantitative estimate of drug-likeness (QED) is 0.666. The van der Waals surface area contributed by atoms with Gasteiger partial charge in [-0.2, -0.15) is 0 Å². The van der Waals surface area contributed by atoms with Crippen LogP contribution in [0.1, 0.15) is 46.5 Å². The van der Waals surface area contributed by atoms with Crippen LogP contribution in [0.4, 0.5) is 0 Å². The summed E-state index contributed by atoms with van der Waals surface area (Å²) in [5.74, 6) is 2.80. The summed E-state index contributed by atoms with van der Waals surface area (Å²) in [7, 11) is 0. The van der Waals surface area contributed by atoms with Gasteiger partial charge >= 0.3 is 0 Å². The van der Waals surface area contributed by atoms with Gasteiger partial charge in [-0.25, -0.2) is 0 Å². The van der Waals surface area contributed by atoms with Crippen LogP contribution < -0.4 is 5.73 Å². The SMILES string of the molecule is CC1C=CC(C2=C(N)C(C)CC(C)C2)CC1. The molecule has 0 aromatic carbocycles. The number of rotatable bonds is 1. The number of hydrogen-bond acceptors (Lipinski definition) is 1. The monoisotopic (exact) mass is 219 g/mol. The average Bonchev–Trinajstić information content (AvgIpc) is 2.25. The largest absolute Gasteiger partial charge is 0.402 e. The van der Waals surface area contributed by atoms with Crippen molar-refractivity contribution in [2.24, 2.45) is 29.4 Å². The van der Waals surface area contributed by atoms with E-state index < -0.39 is 0 Å². The predicted octanol–water partition coefficient (Wildman–Crippen LogP) is 3.87. The normalized spacial score (nSPS) is 40.2. The van der Waals surface area contributed by atoms with Crippen molar-refractivity contribution in [2.45, 2.75) is 46.5 Å². The molecule has 0 radical (unpaired) electrons. The summed E-state index contributed by atoms with van der Waals surface area (Å²) in [5.41, 5.74) is 9.04. The van der Waals surface area contributed by atoms with Crippen LogP contribution in [0, 0.1) is 23.7 Å². The van der Waals surface area contributed by atoms with Crippen molar-refractivity contribution in [3.8, 4) is 0 Å². The van der Waals surface area contributed by atoms with E-state index in [1.54, 1.807) is 5.57 Å². The van der Waals surface area contributed by atoms with Gasteiger partial charge in [0.05, 0.1) is 0 Å². The van der Waals surface area contributed by atoms with Crippen LogP contribution in [0.25, 0.3) is 0 Å². The summed E-state index contributed by atoms with van der Waals surface area (Å²) in [6.07, 6.45) is 9.88. The van der Waals surface area contributed by atoms with Crippen LogP contribution in [0.15, 0.2) is 23.4 Å². The fourth-order valence-corrected chi connectivity index (χ4v) is 3.24. The lowest BCUT2D eigenvalue weighted by Crippen LogP contribution is -2.25. The molecule has 2 aliphatic rings. The second-order valence-electron chi connectivity index (χ2n) is 5.97. The van der Waals surface area contributed by atoms with Gasteiger partial charge in [0.15, 0.2) is 0 Å². The summed E-state index contributed by atoms with van der Waals surface area (Å²) in [5, 5.41) is 0. The fraction of sp³-hybridized carbons (Fsp3) is 0.733. The zero-order valence-electron chi connectivity index (χ0n) is 10.9. The minimum absolute atomic E-state index is 0.589. The van der Waals surface area contributed by atoms with Crippen LogP contribution >= 0.6 is 0 Å². The molecule has 0 aliphatic heterocycles. The van der Waals surface area contributed by atoms with Crippen LogP contribution in [0.3, 0.4) is 0 Å². The smallest absolute Gasteiger partial charge is 0.0107 e. The van der Waals surface area contributed by atoms with Crippen LogP contribution in [-0.2, 0) is 0 Å². The highest BCUT2D eigenvalue weighted by atomic mass is 14.6. The van der Waals surface area contributed by atoms with E-state index in [4.69, 9.17) is 5.73 Å². The molecule has 4 atom stereocenters. The molecule has 2 N–H and O–H groups in total. The lowest BCUT2D eigenvalue weighted by Gasteiger charge is -2.33. The Morgan fingerprint density at radius 3 is 2.50 bits per heavy atom. The van der Waals surface area contributed by atoms with Crippen molar-refractivity contribution in [1.29, 1.82) is 0 Å². The van der Waals surface area contributed by atoms with Gasteiger partial charge in [-0.3, -0.25) is 0 Å². The van der Waals surface area contributed by atoms with Crippen molar-refractivity contribution in [2.75, 3.05) is 0 Å². The number of nitrogens with two attached hydrogens (primary N) is 1. The minimum Gasteiger partial charge on any atom is -0.402 e. The van der Waals surface area contributed by atoms with E-state index in [1.807, 2.05) is 0 Å². The maximum absolute atomic E-state index is 6.30. The zero-order valence-corrected chi connectivity index (χ0v) is 10.9. The Kier molecular flexibility index (Phi) is 3.41. The molecule has 2 aliphatic carbocycles. The average molecular weight is 219 g/mol. The van der Waals surface area contributed by atoms with Crippen LogP contribution in [0.5, 0.6) is 0 Å². The van der Waals surface area contributed by atoms with Crippen LogP contribution in [-0.4, -0.2) is 0 Å². The lowest BCUT2D eigenvalue weighted by atomic mass is 9.74. The van der Waals surface area contributed by atoms with Gasteiger partial charge in [-0.15, -0.1) is 0 Å². The number of hydrogen-bond donors (Lipinski definition) is 1. The highest BCUT2D eigenvalue weighted by Crippen LogP contribution is 2.38. The second kappa shape index (κ2) is 4.65. The van der Waals surface area contributed by atoms with Gasteiger partial charge in [-0.05, 0) is 54.9 Å². The Bertz CT molecular complexity index is 313. The van der Waals surface area contributed by atoms with E-state index >= 15 is 0 Å². The molecule has 0 heterocycles.